The third-order valence-corrected chi connectivity index (χ3v) is 5.02. The maximum atomic E-state index is 12.0. The van der Waals surface area contributed by atoms with Crippen molar-refractivity contribution in [2.45, 2.75) is 31.6 Å². The molecule has 0 radical (unpaired) electrons. The number of hydrogen-bond donors (Lipinski definition) is 2. The molecule has 0 atom stereocenters. The van der Waals surface area contributed by atoms with Crippen LogP contribution in [-0.2, 0) is 17.9 Å². The lowest BCUT2D eigenvalue weighted by Crippen LogP contribution is -2.39. The minimum atomic E-state index is -0.477. The van der Waals surface area contributed by atoms with Gasteiger partial charge in [0.1, 0.15) is 0 Å². The largest absolute Gasteiger partial charge is 0.334 e. The lowest BCUT2D eigenvalue weighted by Gasteiger charge is -2.07. The van der Waals surface area contributed by atoms with Crippen molar-refractivity contribution in [3.63, 3.8) is 0 Å². The fourth-order valence-corrected chi connectivity index (χ4v) is 3.73. The highest BCUT2D eigenvalue weighted by atomic mass is 32.2. The third-order valence-electron chi connectivity index (χ3n) is 4.04. The molecule has 0 unspecified atom stereocenters. The maximum absolute atomic E-state index is 12.0. The number of amides is 3. The molecule has 6 nitrogen and oxygen atoms in total. The molecule has 1 heterocycles. The summed E-state index contributed by atoms with van der Waals surface area (Å²) in [4.78, 5) is 28.4. The Kier molecular flexibility index (Phi) is 6.49. The Bertz CT molecular complexity index is 924. The van der Waals surface area contributed by atoms with Crippen molar-refractivity contribution in [3.8, 4) is 0 Å². The Morgan fingerprint density at radius 3 is 2.59 bits per heavy atom. The number of aryl methyl sites for hydroxylation is 1. The Balaban J connectivity index is 1.45. The van der Waals surface area contributed by atoms with Crippen molar-refractivity contribution >= 4 is 34.7 Å². The normalized spacial score (nSPS) is 10.7. The number of rotatable bonds is 7. The molecule has 2 N–H and O–H groups in total. The molecule has 3 amide bonds. The first-order valence-corrected chi connectivity index (χ1v) is 9.85. The Hall–Kier alpha value is -2.80. The monoisotopic (exact) mass is 382 g/mol. The Morgan fingerprint density at radius 1 is 1.07 bits per heavy atom. The van der Waals surface area contributed by atoms with Gasteiger partial charge in [0.2, 0.25) is 5.91 Å². The van der Waals surface area contributed by atoms with E-state index in [0.717, 1.165) is 28.3 Å². The minimum Gasteiger partial charge on any atom is -0.334 e. The van der Waals surface area contributed by atoms with E-state index >= 15 is 0 Å². The summed E-state index contributed by atoms with van der Waals surface area (Å²) in [6.45, 7) is 3.27. The number of thioether (sulfide) groups is 1. The lowest BCUT2D eigenvalue weighted by atomic mass is 10.2. The average Bonchev–Trinajstić information content (AvgIpc) is 3.04. The summed E-state index contributed by atoms with van der Waals surface area (Å²) in [6, 6.07) is 17.1. The van der Waals surface area contributed by atoms with E-state index in [1.807, 2.05) is 54.6 Å². The van der Waals surface area contributed by atoms with Gasteiger partial charge in [-0.05, 0) is 24.6 Å². The summed E-state index contributed by atoms with van der Waals surface area (Å²) in [5.41, 5.74) is 3.02. The van der Waals surface area contributed by atoms with E-state index in [9.17, 15) is 9.59 Å². The topological polar surface area (TPSA) is 76.0 Å². The van der Waals surface area contributed by atoms with Crippen molar-refractivity contribution in [1.82, 2.24) is 20.2 Å². The van der Waals surface area contributed by atoms with Crippen LogP contribution >= 0.6 is 11.8 Å². The van der Waals surface area contributed by atoms with Crippen molar-refractivity contribution in [3.05, 3.63) is 60.2 Å². The molecule has 140 valence electrons. The van der Waals surface area contributed by atoms with Gasteiger partial charge in [-0.15, -0.1) is 0 Å². The molecule has 0 fully saturated rings. The first kappa shape index (κ1) is 19.0. The number of aromatic nitrogens is 2. The van der Waals surface area contributed by atoms with Crippen LogP contribution in [-0.4, -0.2) is 27.2 Å². The van der Waals surface area contributed by atoms with Crippen LogP contribution in [0, 0.1) is 0 Å². The summed E-state index contributed by atoms with van der Waals surface area (Å²) >= 11 is 1.52. The second-order valence-corrected chi connectivity index (χ2v) is 7.00. The summed E-state index contributed by atoms with van der Waals surface area (Å²) < 4.78 is 2.13. The summed E-state index contributed by atoms with van der Waals surface area (Å²) in [5, 5.41) is 5.93. The van der Waals surface area contributed by atoms with Crippen LogP contribution in [0.15, 0.2) is 59.8 Å². The van der Waals surface area contributed by atoms with Gasteiger partial charge in [-0.1, -0.05) is 54.2 Å². The van der Waals surface area contributed by atoms with Crippen LogP contribution in [0.5, 0.6) is 0 Å². The van der Waals surface area contributed by atoms with Crippen LogP contribution in [0.4, 0.5) is 4.79 Å². The third kappa shape index (κ3) is 5.10. The van der Waals surface area contributed by atoms with Gasteiger partial charge in [-0.2, -0.15) is 0 Å². The van der Waals surface area contributed by atoms with Crippen LogP contribution in [0.1, 0.15) is 18.9 Å². The SMILES string of the molecule is CCn1c(SCCC(=O)NC(=O)NCc2ccccc2)nc2ccccc21. The van der Waals surface area contributed by atoms with E-state index in [1.54, 1.807) is 0 Å². The summed E-state index contributed by atoms with van der Waals surface area (Å²) in [7, 11) is 0. The van der Waals surface area contributed by atoms with Gasteiger partial charge >= 0.3 is 6.03 Å². The zero-order valence-electron chi connectivity index (χ0n) is 15.1. The molecule has 3 rings (SSSR count). The van der Waals surface area contributed by atoms with E-state index in [4.69, 9.17) is 0 Å². The van der Waals surface area contributed by atoms with Gasteiger partial charge in [0.15, 0.2) is 5.16 Å². The standard InChI is InChI=1S/C20H22N4O2S/c1-2-24-17-11-7-6-10-16(17)22-20(24)27-13-12-18(25)23-19(26)21-14-15-8-4-3-5-9-15/h3-11H,2,12-14H2,1H3,(H2,21,23,25,26). The van der Waals surface area contributed by atoms with E-state index in [2.05, 4.69) is 27.1 Å². The lowest BCUT2D eigenvalue weighted by molar-refractivity contribution is -0.119. The predicted octanol–water partition coefficient (Wildman–Crippen LogP) is 3.56. The van der Waals surface area contributed by atoms with Gasteiger partial charge in [-0.25, -0.2) is 9.78 Å². The molecule has 0 aliphatic rings. The number of nitrogens with zero attached hydrogens (tertiary/aromatic N) is 2. The van der Waals surface area contributed by atoms with Crippen molar-refractivity contribution in [1.29, 1.82) is 0 Å². The number of benzene rings is 2. The molecule has 0 saturated heterocycles. The molecule has 2 aromatic carbocycles. The molecule has 1 aromatic heterocycles. The molecule has 3 aromatic rings. The highest BCUT2D eigenvalue weighted by molar-refractivity contribution is 7.99. The minimum absolute atomic E-state index is 0.246. The average molecular weight is 382 g/mol. The van der Waals surface area contributed by atoms with Gasteiger partial charge in [0.05, 0.1) is 11.0 Å². The van der Waals surface area contributed by atoms with Crippen molar-refractivity contribution in [2.24, 2.45) is 0 Å². The van der Waals surface area contributed by atoms with Crippen LogP contribution in [0.3, 0.4) is 0 Å². The number of imidazole rings is 1. The molecule has 7 heteroatoms. The van der Waals surface area contributed by atoms with Crippen LogP contribution in [0.25, 0.3) is 11.0 Å². The van der Waals surface area contributed by atoms with Gasteiger partial charge in [-0.3, -0.25) is 10.1 Å². The molecule has 0 bridgehead atoms. The van der Waals surface area contributed by atoms with E-state index in [-0.39, 0.29) is 12.3 Å². The van der Waals surface area contributed by atoms with Crippen LogP contribution in [0.2, 0.25) is 0 Å². The predicted molar refractivity (Wildman–Crippen MR) is 108 cm³/mol. The first-order valence-electron chi connectivity index (χ1n) is 8.87. The molecular weight excluding hydrogens is 360 g/mol. The quantitative estimate of drug-likeness (QED) is 0.613. The number of nitrogens with one attached hydrogen (secondary N) is 2. The maximum Gasteiger partial charge on any atom is 0.321 e. The number of urea groups is 1. The molecule has 0 spiro atoms. The number of hydrogen-bond acceptors (Lipinski definition) is 4. The molecular formula is C20H22N4O2S. The summed E-state index contributed by atoms with van der Waals surface area (Å²) in [5.74, 6) is 0.258. The highest BCUT2D eigenvalue weighted by Crippen LogP contribution is 2.24. The Labute approximate surface area is 162 Å². The highest BCUT2D eigenvalue weighted by Gasteiger charge is 2.12. The Morgan fingerprint density at radius 2 is 1.81 bits per heavy atom. The summed E-state index contributed by atoms with van der Waals surface area (Å²) in [6.07, 6.45) is 0.246. The zero-order chi connectivity index (χ0) is 19.1. The molecule has 0 aliphatic heterocycles. The molecule has 27 heavy (non-hydrogen) atoms. The van der Waals surface area contributed by atoms with Crippen LogP contribution < -0.4 is 10.6 Å². The second-order valence-electron chi connectivity index (χ2n) is 5.94. The fourth-order valence-electron chi connectivity index (χ4n) is 2.72. The van der Waals surface area contributed by atoms with Gasteiger partial charge < -0.3 is 9.88 Å². The van der Waals surface area contributed by atoms with E-state index in [1.165, 1.54) is 11.8 Å². The van der Waals surface area contributed by atoms with E-state index in [0.29, 0.717) is 12.3 Å². The van der Waals surface area contributed by atoms with Gasteiger partial charge in [0, 0.05) is 25.3 Å². The smallest absolute Gasteiger partial charge is 0.321 e. The van der Waals surface area contributed by atoms with Crippen molar-refractivity contribution in [2.75, 3.05) is 5.75 Å². The fraction of sp³-hybridized carbons (Fsp3) is 0.250. The number of para-hydroxylation sites is 2. The number of carbonyl (C=O) groups excluding carboxylic acids is 2. The molecule has 0 saturated carbocycles. The second kappa shape index (κ2) is 9.23. The number of fused-ring (bicyclic) bond motifs is 1. The van der Waals surface area contributed by atoms with Crippen molar-refractivity contribution < 1.29 is 9.59 Å². The first-order chi connectivity index (χ1) is 13.2. The van der Waals surface area contributed by atoms with E-state index < -0.39 is 6.03 Å². The van der Waals surface area contributed by atoms with Gasteiger partial charge in [0.25, 0.3) is 0 Å². The number of carbonyl (C=O) groups is 2. The molecule has 0 aliphatic carbocycles. The number of imide groups is 1. The zero-order valence-corrected chi connectivity index (χ0v) is 16.0.